The first-order chi connectivity index (χ1) is 8.40. The minimum atomic E-state index is 0.872. The maximum atomic E-state index is 4.20. The van der Waals surface area contributed by atoms with Gasteiger partial charge < -0.3 is 5.32 Å². The van der Waals surface area contributed by atoms with Gasteiger partial charge in [0.1, 0.15) is 0 Å². The Hall–Kier alpha value is -0.410. The molecule has 1 saturated carbocycles. The lowest BCUT2D eigenvalue weighted by molar-refractivity contribution is 0.301. The third kappa shape index (κ3) is 4.07. The lowest BCUT2D eigenvalue weighted by atomic mass is 9.85. The maximum Gasteiger partial charge on any atom is 0.0794 e. The summed E-state index contributed by atoms with van der Waals surface area (Å²) in [7, 11) is 0. The number of nitrogens with one attached hydrogen (secondary N) is 1. The van der Waals surface area contributed by atoms with Crippen molar-refractivity contribution in [3.8, 4) is 0 Å². The Morgan fingerprint density at radius 2 is 2.12 bits per heavy atom. The number of rotatable bonds is 5. The maximum absolute atomic E-state index is 4.20. The molecule has 0 radical (unpaired) electrons. The molecule has 1 aliphatic rings. The van der Waals surface area contributed by atoms with Gasteiger partial charge in [0.25, 0.3) is 0 Å². The van der Waals surface area contributed by atoms with Gasteiger partial charge >= 0.3 is 0 Å². The molecular weight excluding hydrogens is 228 g/mol. The minimum Gasteiger partial charge on any atom is -0.317 e. The molecule has 0 bridgehead atoms. The van der Waals surface area contributed by atoms with E-state index in [9.17, 15) is 0 Å². The number of hydrogen-bond donors (Lipinski definition) is 1. The van der Waals surface area contributed by atoms with Gasteiger partial charge in [-0.3, -0.25) is 4.98 Å². The van der Waals surface area contributed by atoms with Crippen molar-refractivity contribution in [2.45, 2.75) is 45.4 Å². The van der Waals surface area contributed by atoms with Crippen molar-refractivity contribution in [3.05, 3.63) is 16.6 Å². The van der Waals surface area contributed by atoms with Gasteiger partial charge in [0.05, 0.1) is 5.51 Å². The number of aromatic nitrogens is 1. The third-order valence-electron chi connectivity index (χ3n) is 3.92. The average molecular weight is 252 g/mol. The normalized spacial score (nSPS) is 25.7. The second kappa shape index (κ2) is 7.12. The molecule has 2 rings (SSSR count). The van der Waals surface area contributed by atoms with E-state index in [2.05, 4.69) is 23.4 Å². The first-order valence-electron chi connectivity index (χ1n) is 6.98. The fourth-order valence-corrected chi connectivity index (χ4v) is 3.62. The summed E-state index contributed by atoms with van der Waals surface area (Å²) in [5, 5.41) is 3.54. The highest BCUT2D eigenvalue weighted by molar-refractivity contribution is 7.09. The van der Waals surface area contributed by atoms with Gasteiger partial charge in [-0.1, -0.05) is 26.2 Å². The van der Waals surface area contributed by atoms with Crippen molar-refractivity contribution in [1.82, 2.24) is 10.3 Å². The first-order valence-corrected chi connectivity index (χ1v) is 7.86. The van der Waals surface area contributed by atoms with Crippen LogP contribution in [0.15, 0.2) is 11.7 Å². The molecule has 1 aromatic rings. The molecule has 2 nitrogen and oxygen atoms in total. The zero-order valence-electron chi connectivity index (χ0n) is 10.8. The van der Waals surface area contributed by atoms with E-state index in [1.54, 1.807) is 0 Å². The Morgan fingerprint density at radius 1 is 1.29 bits per heavy atom. The smallest absolute Gasteiger partial charge is 0.0794 e. The summed E-state index contributed by atoms with van der Waals surface area (Å²) in [6, 6.07) is 0. The highest BCUT2D eigenvalue weighted by Gasteiger charge is 2.23. The molecule has 2 unspecified atom stereocenters. The fraction of sp³-hybridized carbons (Fsp3) is 0.786. The summed E-state index contributed by atoms with van der Waals surface area (Å²) in [5.74, 6) is 1.75. The summed E-state index contributed by atoms with van der Waals surface area (Å²) in [5.41, 5.74) is 1.96. The second-order valence-electron chi connectivity index (χ2n) is 5.14. The summed E-state index contributed by atoms with van der Waals surface area (Å²) >= 11 is 1.82. The van der Waals surface area contributed by atoms with Crippen LogP contribution in [-0.2, 0) is 6.42 Å². The highest BCUT2D eigenvalue weighted by atomic mass is 32.1. The van der Waals surface area contributed by atoms with Crippen LogP contribution in [0.1, 0.15) is 43.9 Å². The molecule has 1 aliphatic carbocycles. The first kappa shape index (κ1) is 13.0. The van der Waals surface area contributed by atoms with E-state index < -0.39 is 0 Å². The quantitative estimate of drug-likeness (QED) is 0.811. The van der Waals surface area contributed by atoms with E-state index >= 15 is 0 Å². The highest BCUT2D eigenvalue weighted by Crippen LogP contribution is 2.31. The van der Waals surface area contributed by atoms with Gasteiger partial charge in [-0.15, -0.1) is 11.3 Å². The Labute approximate surface area is 109 Å². The number of nitrogens with zero attached hydrogens (tertiary/aromatic N) is 1. The van der Waals surface area contributed by atoms with Crippen molar-refractivity contribution in [2.75, 3.05) is 13.1 Å². The van der Waals surface area contributed by atoms with Gasteiger partial charge in [0, 0.05) is 11.1 Å². The molecule has 0 aromatic carbocycles. The number of thiazole rings is 1. The third-order valence-corrected chi connectivity index (χ3v) is 4.72. The van der Waals surface area contributed by atoms with Gasteiger partial charge in [-0.25, -0.2) is 0 Å². The van der Waals surface area contributed by atoms with E-state index in [1.165, 1.54) is 49.9 Å². The van der Waals surface area contributed by atoms with Crippen LogP contribution in [0.5, 0.6) is 0 Å². The standard InChI is InChI=1S/C14H24N2S/c1-2-15-9-13-7-5-3-4-6-12(13)8-14-10-16-11-17-14/h10-13,15H,2-9H2,1H3. The molecule has 0 spiro atoms. The largest absolute Gasteiger partial charge is 0.317 e. The van der Waals surface area contributed by atoms with Crippen molar-refractivity contribution in [3.63, 3.8) is 0 Å². The molecule has 96 valence electrons. The molecule has 1 fully saturated rings. The lowest BCUT2D eigenvalue weighted by Crippen LogP contribution is -2.28. The van der Waals surface area contributed by atoms with Gasteiger partial charge in [0.15, 0.2) is 0 Å². The van der Waals surface area contributed by atoms with Crippen molar-refractivity contribution >= 4 is 11.3 Å². The van der Waals surface area contributed by atoms with Crippen LogP contribution in [0.25, 0.3) is 0 Å². The molecule has 1 N–H and O–H groups in total. The molecule has 0 saturated heterocycles. The Kier molecular flexibility index (Phi) is 5.46. The van der Waals surface area contributed by atoms with E-state index in [4.69, 9.17) is 0 Å². The molecule has 0 amide bonds. The minimum absolute atomic E-state index is 0.872. The van der Waals surface area contributed by atoms with E-state index in [-0.39, 0.29) is 0 Å². The van der Waals surface area contributed by atoms with Crippen LogP contribution in [0.4, 0.5) is 0 Å². The fourth-order valence-electron chi connectivity index (χ4n) is 2.93. The van der Waals surface area contributed by atoms with Crippen molar-refractivity contribution in [1.29, 1.82) is 0 Å². The van der Waals surface area contributed by atoms with Gasteiger partial charge in [-0.05, 0) is 44.2 Å². The molecule has 3 heteroatoms. The average Bonchev–Trinajstić information content (AvgIpc) is 2.74. The lowest BCUT2D eigenvalue weighted by Gasteiger charge is -2.24. The Balaban J connectivity index is 1.93. The zero-order valence-corrected chi connectivity index (χ0v) is 11.6. The Morgan fingerprint density at radius 3 is 2.82 bits per heavy atom. The molecule has 17 heavy (non-hydrogen) atoms. The van der Waals surface area contributed by atoms with Crippen molar-refractivity contribution in [2.24, 2.45) is 11.8 Å². The number of hydrogen-bond acceptors (Lipinski definition) is 3. The van der Waals surface area contributed by atoms with E-state index in [0.717, 1.165) is 18.4 Å². The SMILES string of the molecule is CCNCC1CCCCCC1Cc1cncs1. The van der Waals surface area contributed by atoms with Crippen LogP contribution in [0.3, 0.4) is 0 Å². The monoisotopic (exact) mass is 252 g/mol. The second-order valence-corrected chi connectivity index (χ2v) is 6.11. The van der Waals surface area contributed by atoms with E-state index in [1.807, 2.05) is 16.8 Å². The molecular formula is C14H24N2S. The van der Waals surface area contributed by atoms with Crippen LogP contribution >= 0.6 is 11.3 Å². The summed E-state index contributed by atoms with van der Waals surface area (Å²) in [6.45, 7) is 4.51. The molecule has 0 aliphatic heterocycles. The Bertz CT molecular complexity index is 297. The predicted molar refractivity (Wildman–Crippen MR) is 74.4 cm³/mol. The molecule has 2 atom stereocenters. The summed E-state index contributed by atoms with van der Waals surface area (Å²) in [6.07, 6.45) is 10.4. The predicted octanol–water partition coefficient (Wildman–Crippen LogP) is 3.49. The van der Waals surface area contributed by atoms with Crippen LogP contribution < -0.4 is 5.32 Å². The van der Waals surface area contributed by atoms with Crippen LogP contribution in [0, 0.1) is 11.8 Å². The van der Waals surface area contributed by atoms with Crippen LogP contribution in [0.2, 0.25) is 0 Å². The van der Waals surface area contributed by atoms with Crippen molar-refractivity contribution < 1.29 is 0 Å². The summed E-state index contributed by atoms with van der Waals surface area (Å²) < 4.78 is 0. The summed E-state index contributed by atoms with van der Waals surface area (Å²) in [4.78, 5) is 5.67. The molecule has 1 heterocycles. The zero-order chi connectivity index (χ0) is 11.9. The van der Waals surface area contributed by atoms with Gasteiger partial charge in [0.2, 0.25) is 0 Å². The van der Waals surface area contributed by atoms with Crippen LogP contribution in [-0.4, -0.2) is 18.1 Å². The van der Waals surface area contributed by atoms with E-state index in [0.29, 0.717) is 0 Å². The topological polar surface area (TPSA) is 24.9 Å². The van der Waals surface area contributed by atoms with Gasteiger partial charge in [-0.2, -0.15) is 0 Å². The molecule has 1 aromatic heterocycles.